The molecule has 0 bridgehead atoms. The van der Waals surface area contributed by atoms with Crippen molar-refractivity contribution in [2.45, 2.75) is 52.9 Å². The van der Waals surface area contributed by atoms with Gasteiger partial charge in [0, 0.05) is 36.2 Å². The number of aromatic amines is 1. The van der Waals surface area contributed by atoms with Gasteiger partial charge in [-0.25, -0.2) is 4.99 Å². The highest BCUT2D eigenvalue weighted by Gasteiger charge is 2.16. The summed E-state index contributed by atoms with van der Waals surface area (Å²) in [6.45, 7) is 9.50. The minimum atomic E-state index is 0.603. The van der Waals surface area contributed by atoms with E-state index in [1.54, 1.807) is 0 Å². The Morgan fingerprint density at radius 3 is 2.34 bits per heavy atom. The third-order valence-corrected chi connectivity index (χ3v) is 5.85. The summed E-state index contributed by atoms with van der Waals surface area (Å²) in [5.41, 5.74) is 13.9. The second-order valence-corrected chi connectivity index (χ2v) is 8.43. The van der Waals surface area contributed by atoms with Gasteiger partial charge in [0.1, 0.15) is 0 Å². The standard InChI is InChI=1S/C28H38N4/c1-4-6-19-32(20-7-5-2)25-14-11-23(12-15-25)10-13-24-21-22(3)28(31-24)26(16-17-29)27-9-8-18-30-27/h8-15,18,21,30H,4-7,16-17,19-20,29H2,1-3H3/b13-10+,28-26-. The lowest BCUT2D eigenvalue weighted by Gasteiger charge is -2.24. The van der Waals surface area contributed by atoms with Gasteiger partial charge >= 0.3 is 0 Å². The molecule has 3 rings (SSSR count). The van der Waals surface area contributed by atoms with E-state index in [4.69, 9.17) is 10.7 Å². The molecule has 0 spiro atoms. The van der Waals surface area contributed by atoms with E-state index >= 15 is 0 Å². The van der Waals surface area contributed by atoms with E-state index in [-0.39, 0.29) is 0 Å². The van der Waals surface area contributed by atoms with E-state index in [1.807, 2.05) is 12.3 Å². The number of aliphatic imine (C=N–C) groups is 1. The first-order valence-electron chi connectivity index (χ1n) is 12.0. The zero-order valence-electron chi connectivity index (χ0n) is 19.9. The fourth-order valence-corrected chi connectivity index (χ4v) is 4.02. The fraction of sp³-hybridized carbons (Fsp3) is 0.393. The fourth-order valence-electron chi connectivity index (χ4n) is 4.02. The molecule has 0 unspecified atom stereocenters. The number of anilines is 1. The van der Waals surface area contributed by atoms with Crippen molar-refractivity contribution in [2.24, 2.45) is 10.7 Å². The quantitative estimate of drug-likeness (QED) is 0.399. The molecule has 1 aromatic heterocycles. The predicted molar refractivity (Wildman–Crippen MR) is 140 cm³/mol. The van der Waals surface area contributed by atoms with Gasteiger partial charge in [-0.1, -0.05) is 44.9 Å². The number of nitrogens with two attached hydrogens (primary N) is 1. The normalized spacial score (nSPS) is 15.2. The van der Waals surface area contributed by atoms with Crippen molar-refractivity contribution in [3.63, 3.8) is 0 Å². The minimum absolute atomic E-state index is 0.603. The largest absolute Gasteiger partial charge is 0.372 e. The lowest BCUT2D eigenvalue weighted by molar-refractivity contribution is 0.678. The lowest BCUT2D eigenvalue weighted by atomic mass is 10.0. The third kappa shape index (κ3) is 6.33. The number of unbranched alkanes of at least 4 members (excludes halogenated alkanes) is 2. The molecule has 3 N–H and O–H groups in total. The van der Waals surface area contributed by atoms with Gasteiger partial charge in [-0.3, -0.25) is 0 Å². The van der Waals surface area contributed by atoms with Crippen LogP contribution in [-0.2, 0) is 0 Å². The minimum Gasteiger partial charge on any atom is -0.372 e. The number of allylic oxidation sites excluding steroid dienone is 3. The average molecular weight is 431 g/mol. The van der Waals surface area contributed by atoms with Gasteiger partial charge in [0.25, 0.3) is 0 Å². The Labute approximate surface area is 193 Å². The summed E-state index contributed by atoms with van der Waals surface area (Å²) >= 11 is 0. The SMILES string of the molecule is CCCCN(CCCC)c1ccc(/C=C/C2=NC(=C(/CCN)c3ccc[nH]3)/C(C)=C2)cc1. The highest BCUT2D eigenvalue weighted by atomic mass is 15.1. The Balaban J connectivity index is 1.74. The summed E-state index contributed by atoms with van der Waals surface area (Å²) < 4.78 is 0. The smallest absolute Gasteiger partial charge is 0.0720 e. The van der Waals surface area contributed by atoms with Gasteiger partial charge < -0.3 is 15.6 Å². The summed E-state index contributed by atoms with van der Waals surface area (Å²) in [4.78, 5) is 10.7. The number of hydrogen-bond donors (Lipinski definition) is 2. The highest BCUT2D eigenvalue weighted by Crippen LogP contribution is 2.30. The first-order valence-corrected chi connectivity index (χ1v) is 12.0. The molecular weight excluding hydrogens is 392 g/mol. The van der Waals surface area contributed by atoms with Crippen molar-refractivity contribution in [3.8, 4) is 0 Å². The molecule has 0 amide bonds. The van der Waals surface area contributed by atoms with Crippen LogP contribution in [0.1, 0.15) is 64.1 Å². The number of H-pyrrole nitrogens is 1. The summed E-state index contributed by atoms with van der Waals surface area (Å²) in [5, 5.41) is 0. The molecule has 0 radical (unpaired) electrons. The second kappa shape index (κ2) is 12.3. The second-order valence-electron chi connectivity index (χ2n) is 8.43. The monoisotopic (exact) mass is 430 g/mol. The van der Waals surface area contributed by atoms with Crippen LogP contribution in [0.15, 0.2) is 71.0 Å². The van der Waals surface area contributed by atoms with Crippen LogP contribution < -0.4 is 10.6 Å². The van der Waals surface area contributed by atoms with Crippen molar-refractivity contribution >= 4 is 23.0 Å². The third-order valence-electron chi connectivity index (χ3n) is 5.85. The predicted octanol–water partition coefficient (Wildman–Crippen LogP) is 6.60. The average Bonchev–Trinajstić information content (AvgIpc) is 3.47. The molecule has 0 aliphatic carbocycles. The topological polar surface area (TPSA) is 57.4 Å². The zero-order valence-corrected chi connectivity index (χ0v) is 19.9. The molecule has 4 nitrogen and oxygen atoms in total. The van der Waals surface area contributed by atoms with Crippen molar-refractivity contribution in [3.05, 3.63) is 77.3 Å². The van der Waals surface area contributed by atoms with Gasteiger partial charge in [-0.15, -0.1) is 0 Å². The van der Waals surface area contributed by atoms with Crippen molar-refractivity contribution in [1.29, 1.82) is 0 Å². The number of benzene rings is 1. The maximum absolute atomic E-state index is 5.87. The summed E-state index contributed by atoms with van der Waals surface area (Å²) in [6.07, 6.45) is 14.1. The summed E-state index contributed by atoms with van der Waals surface area (Å²) in [5.74, 6) is 0. The maximum atomic E-state index is 5.87. The van der Waals surface area contributed by atoms with Gasteiger partial charge in [0.2, 0.25) is 0 Å². The molecule has 32 heavy (non-hydrogen) atoms. The molecule has 4 heteroatoms. The van der Waals surface area contributed by atoms with Crippen LogP contribution in [0.4, 0.5) is 5.69 Å². The van der Waals surface area contributed by atoms with Crippen LogP contribution in [0.25, 0.3) is 11.6 Å². The van der Waals surface area contributed by atoms with Crippen LogP contribution in [0.2, 0.25) is 0 Å². The van der Waals surface area contributed by atoms with Crippen LogP contribution in [0.3, 0.4) is 0 Å². The molecule has 0 atom stereocenters. The molecule has 1 aromatic carbocycles. The number of aromatic nitrogens is 1. The van der Waals surface area contributed by atoms with E-state index in [1.165, 1.54) is 48.1 Å². The lowest BCUT2D eigenvalue weighted by Crippen LogP contribution is -2.25. The van der Waals surface area contributed by atoms with E-state index in [0.717, 1.165) is 36.6 Å². The first-order chi connectivity index (χ1) is 15.7. The maximum Gasteiger partial charge on any atom is 0.0720 e. The number of hydrogen-bond acceptors (Lipinski definition) is 3. The molecule has 1 aliphatic heterocycles. The Kier molecular flexibility index (Phi) is 9.12. The van der Waals surface area contributed by atoms with Gasteiger partial charge in [0.05, 0.1) is 11.4 Å². The number of nitrogens with zero attached hydrogens (tertiary/aromatic N) is 2. The number of rotatable bonds is 12. The molecule has 170 valence electrons. The molecule has 2 heterocycles. The molecule has 0 fully saturated rings. The summed E-state index contributed by atoms with van der Waals surface area (Å²) in [7, 11) is 0. The van der Waals surface area contributed by atoms with Crippen LogP contribution in [0, 0.1) is 0 Å². The van der Waals surface area contributed by atoms with Gasteiger partial charge in [-0.2, -0.15) is 0 Å². The Morgan fingerprint density at radius 2 is 1.75 bits per heavy atom. The Bertz CT molecular complexity index is 951. The molecular formula is C28H38N4. The first kappa shape index (κ1) is 23.8. The number of nitrogens with one attached hydrogen (secondary N) is 1. The van der Waals surface area contributed by atoms with E-state index in [9.17, 15) is 0 Å². The zero-order chi connectivity index (χ0) is 22.8. The van der Waals surface area contributed by atoms with E-state index < -0.39 is 0 Å². The van der Waals surface area contributed by atoms with Gasteiger partial charge in [-0.05, 0) is 80.3 Å². The van der Waals surface area contributed by atoms with Crippen molar-refractivity contribution < 1.29 is 0 Å². The Hall–Kier alpha value is -2.85. The highest BCUT2D eigenvalue weighted by molar-refractivity contribution is 6.10. The Morgan fingerprint density at radius 1 is 1.03 bits per heavy atom. The molecule has 1 aliphatic rings. The van der Waals surface area contributed by atoms with E-state index in [2.05, 4.69) is 79.2 Å². The van der Waals surface area contributed by atoms with Gasteiger partial charge in [0.15, 0.2) is 0 Å². The van der Waals surface area contributed by atoms with Crippen LogP contribution in [0.5, 0.6) is 0 Å². The molecule has 0 saturated carbocycles. The van der Waals surface area contributed by atoms with Crippen molar-refractivity contribution in [2.75, 3.05) is 24.5 Å². The summed E-state index contributed by atoms with van der Waals surface area (Å²) in [6, 6.07) is 13.0. The van der Waals surface area contributed by atoms with Crippen LogP contribution in [-0.4, -0.2) is 30.3 Å². The van der Waals surface area contributed by atoms with E-state index in [0.29, 0.717) is 6.54 Å². The molecule has 0 saturated heterocycles. The van der Waals surface area contributed by atoms with Crippen molar-refractivity contribution in [1.82, 2.24) is 4.98 Å². The molecule has 2 aromatic rings. The van der Waals surface area contributed by atoms with Crippen LogP contribution >= 0.6 is 0 Å².